The summed E-state index contributed by atoms with van der Waals surface area (Å²) in [6.07, 6.45) is -0.319. The van der Waals surface area contributed by atoms with Gasteiger partial charge < -0.3 is 5.11 Å². The summed E-state index contributed by atoms with van der Waals surface area (Å²) in [5, 5.41) is 10.3. The van der Waals surface area contributed by atoms with Crippen molar-refractivity contribution >= 4 is 0 Å². The summed E-state index contributed by atoms with van der Waals surface area (Å²) in [5.74, 6) is 5.35. The molecular formula is C5H14N2O. The van der Waals surface area contributed by atoms with Crippen LogP contribution in [0.4, 0.5) is 0 Å². The molecule has 3 N–H and O–H groups in total. The van der Waals surface area contributed by atoms with E-state index in [9.17, 15) is 0 Å². The molecule has 0 aromatic heterocycles. The maximum absolute atomic E-state index is 8.73. The Bertz CT molecular complexity index is 56.4. The van der Waals surface area contributed by atoms with Crippen LogP contribution in [-0.4, -0.2) is 29.3 Å². The molecule has 0 spiro atoms. The smallest absolute Gasteiger partial charge is 0.0653 e. The van der Waals surface area contributed by atoms with Crippen LogP contribution >= 0.6 is 0 Å². The van der Waals surface area contributed by atoms with Crippen LogP contribution in [-0.2, 0) is 0 Å². The maximum atomic E-state index is 8.73. The highest BCUT2D eigenvalue weighted by atomic mass is 16.3. The number of nitrogens with zero attached hydrogens (tertiary/aromatic N) is 1. The first-order chi connectivity index (χ1) is 3.66. The van der Waals surface area contributed by atoms with Crippen molar-refractivity contribution in [3.8, 4) is 0 Å². The number of aliphatic hydroxyl groups excluding tert-OH is 1. The topological polar surface area (TPSA) is 49.5 Å². The van der Waals surface area contributed by atoms with Gasteiger partial charge in [-0.15, -0.1) is 0 Å². The Morgan fingerprint density at radius 2 is 2.25 bits per heavy atom. The lowest BCUT2D eigenvalue weighted by atomic mass is 10.4. The van der Waals surface area contributed by atoms with Gasteiger partial charge in [-0.1, -0.05) is 6.92 Å². The molecule has 0 aliphatic heterocycles. The van der Waals surface area contributed by atoms with E-state index >= 15 is 0 Å². The third-order valence-electron chi connectivity index (χ3n) is 0.905. The summed E-state index contributed by atoms with van der Waals surface area (Å²) in [6, 6.07) is 0. The molecule has 0 fully saturated rings. The predicted molar refractivity (Wildman–Crippen MR) is 33.1 cm³/mol. The highest BCUT2D eigenvalue weighted by molar-refractivity contribution is 4.49. The van der Waals surface area contributed by atoms with E-state index < -0.39 is 0 Å². The predicted octanol–water partition coefficient (Wildman–Crippen LogP) is -0.437. The molecule has 0 aromatic rings. The van der Waals surface area contributed by atoms with Crippen molar-refractivity contribution in [3.63, 3.8) is 0 Å². The summed E-state index contributed by atoms with van der Waals surface area (Å²) < 4.78 is 0. The van der Waals surface area contributed by atoms with Crippen molar-refractivity contribution in [2.24, 2.45) is 5.84 Å². The first-order valence-electron chi connectivity index (χ1n) is 2.84. The van der Waals surface area contributed by atoms with Gasteiger partial charge in [0.1, 0.15) is 0 Å². The van der Waals surface area contributed by atoms with Crippen molar-refractivity contribution in [2.75, 3.05) is 13.1 Å². The van der Waals surface area contributed by atoms with Gasteiger partial charge in [-0.25, -0.2) is 5.01 Å². The fourth-order valence-corrected chi connectivity index (χ4v) is 0.468. The first-order valence-corrected chi connectivity index (χ1v) is 2.84. The van der Waals surface area contributed by atoms with Gasteiger partial charge >= 0.3 is 0 Å². The van der Waals surface area contributed by atoms with Gasteiger partial charge in [0.2, 0.25) is 0 Å². The molecule has 0 heterocycles. The minimum Gasteiger partial charge on any atom is -0.392 e. The lowest BCUT2D eigenvalue weighted by molar-refractivity contribution is 0.131. The molecule has 1 atom stereocenters. The minimum atomic E-state index is -0.319. The molecule has 0 aliphatic rings. The van der Waals surface area contributed by atoms with Crippen LogP contribution in [0.5, 0.6) is 0 Å². The summed E-state index contributed by atoms with van der Waals surface area (Å²) in [7, 11) is 0. The van der Waals surface area contributed by atoms with Crippen molar-refractivity contribution in [1.29, 1.82) is 0 Å². The molecular weight excluding hydrogens is 104 g/mol. The highest BCUT2D eigenvalue weighted by Gasteiger charge is 1.98. The van der Waals surface area contributed by atoms with Gasteiger partial charge in [0, 0.05) is 13.1 Å². The third kappa shape index (κ3) is 4.05. The molecule has 0 saturated heterocycles. The van der Waals surface area contributed by atoms with E-state index in [1.807, 2.05) is 6.92 Å². The SMILES string of the molecule is CCN(N)CC(C)O. The second kappa shape index (κ2) is 3.83. The Morgan fingerprint density at radius 3 is 2.38 bits per heavy atom. The zero-order valence-electron chi connectivity index (χ0n) is 5.46. The van der Waals surface area contributed by atoms with Crippen molar-refractivity contribution in [3.05, 3.63) is 0 Å². The number of likely N-dealkylation sites (N-methyl/N-ethyl adjacent to an activating group) is 1. The Labute approximate surface area is 50.1 Å². The van der Waals surface area contributed by atoms with Crippen LogP contribution in [0.15, 0.2) is 0 Å². The van der Waals surface area contributed by atoms with Crippen LogP contribution in [0.25, 0.3) is 0 Å². The van der Waals surface area contributed by atoms with E-state index in [1.54, 1.807) is 11.9 Å². The van der Waals surface area contributed by atoms with Crippen LogP contribution in [0, 0.1) is 0 Å². The second-order valence-electron chi connectivity index (χ2n) is 1.94. The zero-order chi connectivity index (χ0) is 6.57. The lowest BCUT2D eigenvalue weighted by Gasteiger charge is -2.14. The molecule has 0 radical (unpaired) electrons. The van der Waals surface area contributed by atoms with Crippen LogP contribution in [0.3, 0.4) is 0 Å². The maximum Gasteiger partial charge on any atom is 0.0653 e. The highest BCUT2D eigenvalue weighted by Crippen LogP contribution is 1.81. The number of rotatable bonds is 3. The van der Waals surface area contributed by atoms with Crippen molar-refractivity contribution in [2.45, 2.75) is 20.0 Å². The summed E-state index contributed by atoms with van der Waals surface area (Å²) in [5.41, 5.74) is 0. The van der Waals surface area contributed by atoms with Gasteiger partial charge in [-0.3, -0.25) is 5.84 Å². The molecule has 8 heavy (non-hydrogen) atoms. The van der Waals surface area contributed by atoms with Gasteiger partial charge in [0.05, 0.1) is 6.10 Å². The van der Waals surface area contributed by atoms with Crippen LogP contribution in [0.1, 0.15) is 13.8 Å². The Morgan fingerprint density at radius 1 is 1.75 bits per heavy atom. The molecule has 1 unspecified atom stereocenters. The van der Waals surface area contributed by atoms with Crippen LogP contribution in [0.2, 0.25) is 0 Å². The Kier molecular flexibility index (Phi) is 3.77. The van der Waals surface area contributed by atoms with Gasteiger partial charge in [0.15, 0.2) is 0 Å². The van der Waals surface area contributed by atoms with Gasteiger partial charge in [-0.05, 0) is 6.92 Å². The molecule has 0 aromatic carbocycles. The van der Waals surface area contributed by atoms with E-state index in [1.165, 1.54) is 0 Å². The molecule has 0 bridgehead atoms. The molecule has 3 heteroatoms. The van der Waals surface area contributed by atoms with Crippen LogP contribution < -0.4 is 5.84 Å². The standard InChI is InChI=1S/C5H14N2O/c1-3-7(6)4-5(2)8/h5,8H,3-4,6H2,1-2H3. The fraction of sp³-hybridized carbons (Fsp3) is 1.00. The number of hydrogen-bond acceptors (Lipinski definition) is 3. The molecule has 0 saturated carbocycles. The summed E-state index contributed by atoms with van der Waals surface area (Å²) >= 11 is 0. The van der Waals surface area contributed by atoms with Gasteiger partial charge in [-0.2, -0.15) is 0 Å². The molecule has 50 valence electrons. The molecule has 0 amide bonds. The van der Waals surface area contributed by atoms with Crippen molar-refractivity contribution in [1.82, 2.24) is 5.01 Å². The van der Waals surface area contributed by atoms with E-state index in [0.717, 1.165) is 6.54 Å². The van der Waals surface area contributed by atoms with E-state index in [2.05, 4.69) is 0 Å². The number of hydrogen-bond donors (Lipinski definition) is 2. The number of aliphatic hydroxyl groups is 1. The third-order valence-corrected chi connectivity index (χ3v) is 0.905. The minimum absolute atomic E-state index is 0.319. The molecule has 0 aliphatic carbocycles. The zero-order valence-corrected chi connectivity index (χ0v) is 5.46. The van der Waals surface area contributed by atoms with E-state index in [0.29, 0.717) is 6.54 Å². The molecule has 3 nitrogen and oxygen atoms in total. The van der Waals surface area contributed by atoms with E-state index in [-0.39, 0.29) is 6.10 Å². The number of nitrogens with two attached hydrogens (primary N) is 1. The monoisotopic (exact) mass is 118 g/mol. The number of hydrazine groups is 1. The largest absolute Gasteiger partial charge is 0.392 e. The van der Waals surface area contributed by atoms with Crippen molar-refractivity contribution < 1.29 is 5.11 Å². The Balaban J connectivity index is 3.10. The fourth-order valence-electron chi connectivity index (χ4n) is 0.468. The quantitative estimate of drug-likeness (QED) is 0.390. The first kappa shape index (κ1) is 7.88. The molecule has 0 rings (SSSR count). The summed E-state index contributed by atoms with van der Waals surface area (Å²) in [6.45, 7) is 5.00. The summed E-state index contributed by atoms with van der Waals surface area (Å²) in [4.78, 5) is 0. The second-order valence-corrected chi connectivity index (χ2v) is 1.94. The lowest BCUT2D eigenvalue weighted by Crippen LogP contribution is -2.36. The average molecular weight is 118 g/mol. The van der Waals surface area contributed by atoms with Gasteiger partial charge in [0.25, 0.3) is 0 Å². The Hall–Kier alpha value is -0.120. The average Bonchev–Trinajstić information content (AvgIpc) is 1.65. The normalized spacial score (nSPS) is 14.6. The van der Waals surface area contributed by atoms with E-state index in [4.69, 9.17) is 10.9 Å².